The lowest BCUT2D eigenvalue weighted by Gasteiger charge is -2.06. The van der Waals surface area contributed by atoms with E-state index < -0.39 is 17.2 Å². The average Bonchev–Trinajstić information content (AvgIpc) is 2.92. The van der Waals surface area contributed by atoms with Crippen molar-refractivity contribution in [3.05, 3.63) is 45.9 Å². The quantitative estimate of drug-likeness (QED) is 0.875. The van der Waals surface area contributed by atoms with Crippen molar-refractivity contribution in [1.82, 2.24) is 4.98 Å². The van der Waals surface area contributed by atoms with Crippen LogP contribution in [0.5, 0.6) is 5.75 Å². The Morgan fingerprint density at radius 3 is 2.77 bits per heavy atom. The molecule has 1 heterocycles. The lowest BCUT2D eigenvalue weighted by atomic mass is 10.1. The number of nitrogens with zero attached hydrogens (tertiary/aromatic N) is 1. The predicted molar refractivity (Wildman–Crippen MR) is 73.8 cm³/mol. The summed E-state index contributed by atoms with van der Waals surface area (Å²) in [6.07, 6.45) is -2.93. The van der Waals surface area contributed by atoms with Crippen LogP contribution in [0.25, 0.3) is 0 Å². The molecule has 1 N–H and O–H groups in total. The SMILES string of the molecule is O=C(O)CCc1cccc(OCc2cnc(C(F)(F)F)s2)c1. The molecule has 118 valence electrons. The van der Waals surface area contributed by atoms with E-state index in [1.165, 1.54) is 0 Å². The van der Waals surface area contributed by atoms with E-state index in [2.05, 4.69) is 4.98 Å². The highest BCUT2D eigenvalue weighted by atomic mass is 32.1. The third-order valence-electron chi connectivity index (χ3n) is 2.70. The minimum absolute atomic E-state index is 0.00718. The standard InChI is InChI=1S/C14H12F3NO3S/c15-14(16,17)13-18-7-11(22-13)8-21-10-3-1-2-9(6-10)4-5-12(19)20/h1-3,6-7H,4-5,8H2,(H,19,20). The summed E-state index contributed by atoms with van der Waals surface area (Å²) in [5.41, 5.74) is 0.792. The molecule has 4 nitrogen and oxygen atoms in total. The number of carbonyl (C=O) groups is 1. The molecule has 0 bridgehead atoms. The molecule has 0 unspecified atom stereocenters. The summed E-state index contributed by atoms with van der Waals surface area (Å²) in [7, 11) is 0. The van der Waals surface area contributed by atoms with Crippen LogP contribution in [0.4, 0.5) is 13.2 Å². The summed E-state index contributed by atoms with van der Waals surface area (Å²) >= 11 is 0.539. The molecule has 2 aromatic rings. The van der Waals surface area contributed by atoms with E-state index in [9.17, 15) is 18.0 Å². The zero-order valence-electron chi connectivity index (χ0n) is 11.3. The fourth-order valence-electron chi connectivity index (χ4n) is 1.70. The Balaban J connectivity index is 1.95. The van der Waals surface area contributed by atoms with Crippen molar-refractivity contribution in [2.24, 2.45) is 0 Å². The van der Waals surface area contributed by atoms with Crippen LogP contribution in [0.3, 0.4) is 0 Å². The van der Waals surface area contributed by atoms with Gasteiger partial charge in [0.25, 0.3) is 0 Å². The number of aromatic nitrogens is 1. The third kappa shape index (κ3) is 4.73. The van der Waals surface area contributed by atoms with Gasteiger partial charge in [0.1, 0.15) is 12.4 Å². The number of thiazole rings is 1. The first-order valence-electron chi connectivity index (χ1n) is 6.30. The summed E-state index contributed by atoms with van der Waals surface area (Å²) < 4.78 is 42.7. The maximum Gasteiger partial charge on any atom is 0.443 e. The number of hydrogen-bond donors (Lipinski definition) is 1. The number of hydrogen-bond acceptors (Lipinski definition) is 4. The number of carboxylic acids is 1. The first-order chi connectivity index (χ1) is 10.3. The Kier molecular flexibility index (Phi) is 5.02. The number of alkyl halides is 3. The second kappa shape index (κ2) is 6.78. The van der Waals surface area contributed by atoms with Gasteiger partial charge in [-0.2, -0.15) is 13.2 Å². The van der Waals surface area contributed by atoms with Crippen LogP contribution in [0.2, 0.25) is 0 Å². The zero-order valence-corrected chi connectivity index (χ0v) is 12.1. The second-order valence-corrected chi connectivity index (χ2v) is 5.57. The van der Waals surface area contributed by atoms with Crippen molar-refractivity contribution >= 4 is 17.3 Å². The van der Waals surface area contributed by atoms with E-state index >= 15 is 0 Å². The van der Waals surface area contributed by atoms with Gasteiger partial charge in [0.2, 0.25) is 0 Å². The predicted octanol–water partition coefficient (Wildman–Crippen LogP) is 3.76. The first kappa shape index (κ1) is 16.3. The highest BCUT2D eigenvalue weighted by molar-refractivity contribution is 7.11. The molecule has 0 saturated heterocycles. The molecule has 0 radical (unpaired) electrons. The van der Waals surface area contributed by atoms with E-state index in [0.29, 0.717) is 28.4 Å². The zero-order chi connectivity index (χ0) is 16.2. The molecule has 0 amide bonds. The Hall–Kier alpha value is -2.09. The van der Waals surface area contributed by atoms with Gasteiger partial charge in [-0.15, -0.1) is 11.3 Å². The number of ether oxygens (including phenoxy) is 1. The van der Waals surface area contributed by atoms with Crippen LogP contribution in [0.15, 0.2) is 30.5 Å². The molecule has 0 fully saturated rings. The van der Waals surface area contributed by atoms with E-state index in [0.717, 1.165) is 11.8 Å². The van der Waals surface area contributed by atoms with Gasteiger partial charge in [0, 0.05) is 12.6 Å². The van der Waals surface area contributed by atoms with Gasteiger partial charge in [-0.3, -0.25) is 4.79 Å². The molecule has 1 aromatic heterocycles. The number of carboxylic acid groups (broad SMARTS) is 1. The normalized spacial score (nSPS) is 11.4. The summed E-state index contributed by atoms with van der Waals surface area (Å²) in [5, 5.41) is 7.73. The largest absolute Gasteiger partial charge is 0.488 e. The second-order valence-electron chi connectivity index (χ2n) is 4.46. The number of aryl methyl sites for hydroxylation is 1. The molecular weight excluding hydrogens is 319 g/mol. The van der Waals surface area contributed by atoms with Crippen LogP contribution in [-0.4, -0.2) is 16.1 Å². The topological polar surface area (TPSA) is 59.4 Å². The fourth-order valence-corrected chi connectivity index (χ4v) is 2.39. The van der Waals surface area contributed by atoms with Crippen LogP contribution in [0, 0.1) is 0 Å². The Morgan fingerprint density at radius 2 is 2.14 bits per heavy atom. The van der Waals surface area contributed by atoms with E-state index in [1.807, 2.05) is 0 Å². The number of rotatable bonds is 6. The summed E-state index contributed by atoms with van der Waals surface area (Å²) in [6.45, 7) is -0.0177. The van der Waals surface area contributed by atoms with Gasteiger partial charge in [-0.1, -0.05) is 12.1 Å². The maximum atomic E-state index is 12.4. The summed E-state index contributed by atoms with van der Waals surface area (Å²) in [5.74, 6) is -0.416. The van der Waals surface area contributed by atoms with Gasteiger partial charge >= 0.3 is 12.1 Å². The Labute approximate surface area is 128 Å². The van der Waals surface area contributed by atoms with Gasteiger partial charge in [-0.25, -0.2) is 4.98 Å². The highest BCUT2D eigenvalue weighted by Crippen LogP contribution is 2.32. The molecule has 8 heteroatoms. The van der Waals surface area contributed by atoms with Crippen molar-refractivity contribution in [2.75, 3.05) is 0 Å². The van der Waals surface area contributed by atoms with Crippen molar-refractivity contribution in [3.8, 4) is 5.75 Å². The average molecular weight is 331 g/mol. The first-order valence-corrected chi connectivity index (χ1v) is 7.11. The molecule has 0 aliphatic heterocycles. The molecule has 2 rings (SSSR count). The van der Waals surface area contributed by atoms with Crippen LogP contribution in [0.1, 0.15) is 21.9 Å². The maximum absolute atomic E-state index is 12.4. The number of aliphatic carboxylic acids is 1. The van der Waals surface area contributed by atoms with Crippen molar-refractivity contribution in [1.29, 1.82) is 0 Å². The Bertz CT molecular complexity index is 655. The van der Waals surface area contributed by atoms with Crippen molar-refractivity contribution < 1.29 is 27.8 Å². The molecule has 0 atom stereocenters. The molecule has 0 aliphatic carbocycles. The minimum Gasteiger partial charge on any atom is -0.488 e. The van der Waals surface area contributed by atoms with Gasteiger partial charge in [0.05, 0.1) is 4.88 Å². The lowest BCUT2D eigenvalue weighted by Crippen LogP contribution is -2.02. The number of halogens is 3. The highest BCUT2D eigenvalue weighted by Gasteiger charge is 2.34. The lowest BCUT2D eigenvalue weighted by molar-refractivity contribution is -0.138. The molecule has 1 aromatic carbocycles. The molecule has 0 saturated carbocycles. The van der Waals surface area contributed by atoms with Crippen LogP contribution in [-0.2, 0) is 24.0 Å². The fraction of sp³-hybridized carbons (Fsp3) is 0.286. The van der Waals surface area contributed by atoms with Crippen molar-refractivity contribution in [3.63, 3.8) is 0 Å². The van der Waals surface area contributed by atoms with Crippen LogP contribution >= 0.6 is 11.3 Å². The third-order valence-corrected chi connectivity index (χ3v) is 3.72. The minimum atomic E-state index is -4.44. The molecule has 0 aliphatic rings. The van der Waals surface area contributed by atoms with E-state index in [4.69, 9.17) is 9.84 Å². The summed E-state index contributed by atoms with van der Waals surface area (Å²) in [4.78, 5) is 14.2. The van der Waals surface area contributed by atoms with Crippen LogP contribution < -0.4 is 4.74 Å². The van der Waals surface area contributed by atoms with Gasteiger partial charge in [-0.05, 0) is 24.1 Å². The number of benzene rings is 1. The molecule has 0 spiro atoms. The Morgan fingerprint density at radius 1 is 1.36 bits per heavy atom. The monoisotopic (exact) mass is 331 g/mol. The molecular formula is C14H12F3NO3S. The molecule has 22 heavy (non-hydrogen) atoms. The summed E-state index contributed by atoms with van der Waals surface area (Å²) in [6, 6.07) is 6.81. The van der Waals surface area contributed by atoms with E-state index in [1.54, 1.807) is 24.3 Å². The van der Waals surface area contributed by atoms with Crippen molar-refractivity contribution in [2.45, 2.75) is 25.6 Å². The smallest absolute Gasteiger partial charge is 0.443 e. The van der Waals surface area contributed by atoms with E-state index in [-0.39, 0.29) is 13.0 Å². The van der Waals surface area contributed by atoms with Gasteiger partial charge in [0.15, 0.2) is 5.01 Å². The van der Waals surface area contributed by atoms with Gasteiger partial charge < -0.3 is 9.84 Å².